The minimum Gasteiger partial charge on any atom is -0.444 e. The third-order valence-corrected chi connectivity index (χ3v) is 5.41. The number of halogens is 1. The van der Waals surface area contributed by atoms with E-state index in [0.717, 1.165) is 0 Å². The Hall–Kier alpha value is -2.84. The van der Waals surface area contributed by atoms with Crippen LogP contribution in [0.5, 0.6) is 0 Å². The Morgan fingerprint density at radius 3 is 2.76 bits per heavy atom. The van der Waals surface area contributed by atoms with Crippen LogP contribution in [0, 0.1) is 5.82 Å². The van der Waals surface area contributed by atoms with Gasteiger partial charge in [0.05, 0.1) is 22.6 Å². The molecule has 1 saturated heterocycles. The second kappa shape index (κ2) is 6.60. The summed E-state index contributed by atoms with van der Waals surface area (Å²) in [6, 6.07) is 0.860. The van der Waals surface area contributed by atoms with Crippen LogP contribution in [0.1, 0.15) is 45.7 Å². The van der Waals surface area contributed by atoms with Crippen LogP contribution in [0.25, 0.3) is 10.9 Å². The van der Waals surface area contributed by atoms with Crippen LogP contribution < -0.4 is 21.5 Å². The fourth-order valence-electron chi connectivity index (χ4n) is 4.35. The van der Waals surface area contributed by atoms with Crippen LogP contribution in [0.3, 0.4) is 0 Å². The average Bonchev–Trinajstić information content (AvgIpc) is 3.15. The van der Waals surface area contributed by atoms with Gasteiger partial charge in [-0.2, -0.15) is 0 Å². The molecular formula is C20H25FN4O4. The predicted octanol–water partition coefficient (Wildman–Crippen LogP) is 2.05. The van der Waals surface area contributed by atoms with Crippen molar-refractivity contribution in [3.63, 3.8) is 0 Å². The summed E-state index contributed by atoms with van der Waals surface area (Å²) in [5.41, 5.74) is -0.0509. The number of aromatic nitrogens is 2. The first kappa shape index (κ1) is 19.5. The summed E-state index contributed by atoms with van der Waals surface area (Å²) in [5.74, 6) is -0.491. The number of aromatic amines is 1. The fourth-order valence-corrected chi connectivity index (χ4v) is 4.35. The molecular weight excluding hydrogens is 379 g/mol. The SMILES string of the molecule is CC1Cc2c(N3CC[C@H](NC(=O)OC(C)(C)C)C3)c(F)cc3c(=O)[nH]c(=O)n1c23. The number of nitrogens with zero attached hydrogens (tertiary/aromatic N) is 2. The molecule has 8 nitrogen and oxygen atoms in total. The topological polar surface area (TPSA) is 96.4 Å². The molecule has 0 saturated carbocycles. The summed E-state index contributed by atoms with van der Waals surface area (Å²) in [6.07, 6.45) is 0.617. The van der Waals surface area contributed by atoms with E-state index in [0.29, 0.717) is 42.7 Å². The number of amides is 1. The number of hydrogen-bond acceptors (Lipinski definition) is 5. The molecule has 1 aromatic carbocycles. The Kier molecular flexibility index (Phi) is 4.43. The lowest BCUT2D eigenvalue weighted by Gasteiger charge is -2.24. The summed E-state index contributed by atoms with van der Waals surface area (Å²) in [4.78, 5) is 40.7. The number of anilines is 1. The van der Waals surface area contributed by atoms with Gasteiger partial charge in [0.2, 0.25) is 0 Å². The normalized spacial score (nSPS) is 21.1. The highest BCUT2D eigenvalue weighted by molar-refractivity contribution is 5.89. The lowest BCUT2D eigenvalue weighted by Crippen LogP contribution is -2.40. The first-order chi connectivity index (χ1) is 13.5. The third-order valence-electron chi connectivity index (χ3n) is 5.41. The Balaban J connectivity index is 1.66. The first-order valence-electron chi connectivity index (χ1n) is 9.79. The van der Waals surface area contributed by atoms with Gasteiger partial charge in [0.25, 0.3) is 5.56 Å². The second-order valence-corrected chi connectivity index (χ2v) is 8.84. The maximum atomic E-state index is 15.1. The lowest BCUT2D eigenvalue weighted by molar-refractivity contribution is 0.0509. The molecule has 156 valence electrons. The Bertz CT molecular complexity index is 1110. The zero-order valence-electron chi connectivity index (χ0n) is 17.0. The molecule has 2 aliphatic rings. The van der Waals surface area contributed by atoms with E-state index in [1.54, 1.807) is 20.8 Å². The van der Waals surface area contributed by atoms with E-state index < -0.39 is 28.8 Å². The van der Waals surface area contributed by atoms with Crippen LogP contribution in [-0.4, -0.2) is 40.4 Å². The zero-order chi connectivity index (χ0) is 21.1. The van der Waals surface area contributed by atoms with Crippen molar-refractivity contribution >= 4 is 22.7 Å². The minimum absolute atomic E-state index is 0.171. The third kappa shape index (κ3) is 3.38. The molecule has 1 aromatic heterocycles. The number of ether oxygens (including phenoxy) is 1. The van der Waals surface area contributed by atoms with Gasteiger partial charge in [-0.25, -0.2) is 14.0 Å². The Morgan fingerprint density at radius 2 is 2.07 bits per heavy atom. The summed E-state index contributed by atoms with van der Waals surface area (Å²) in [6.45, 7) is 8.23. The molecule has 0 radical (unpaired) electrons. The van der Waals surface area contributed by atoms with E-state index in [-0.39, 0.29) is 17.5 Å². The van der Waals surface area contributed by atoms with Crippen molar-refractivity contribution in [1.82, 2.24) is 14.9 Å². The molecule has 0 spiro atoms. The van der Waals surface area contributed by atoms with Crippen LogP contribution in [0.15, 0.2) is 15.7 Å². The maximum Gasteiger partial charge on any atom is 0.407 e. The molecule has 2 aromatic rings. The van der Waals surface area contributed by atoms with Gasteiger partial charge in [0.1, 0.15) is 11.4 Å². The standard InChI is InChI=1S/C20H25FN4O4/c1-10-7-12-15-13(17(26)23-18(27)25(10)15)8-14(21)16(12)24-6-5-11(9-24)22-19(28)29-20(2,3)4/h8,10-11H,5-7,9H2,1-4H3,(H,22,28)(H,23,26,27)/t10?,11-/m0/s1. The van der Waals surface area contributed by atoms with Gasteiger partial charge >= 0.3 is 11.8 Å². The van der Waals surface area contributed by atoms with E-state index in [2.05, 4.69) is 10.3 Å². The van der Waals surface area contributed by atoms with E-state index >= 15 is 4.39 Å². The van der Waals surface area contributed by atoms with Gasteiger partial charge in [-0.1, -0.05) is 0 Å². The fraction of sp³-hybridized carbons (Fsp3) is 0.550. The maximum absolute atomic E-state index is 15.1. The number of carbonyl (C=O) groups is 1. The Labute approximate surface area is 166 Å². The molecule has 2 aliphatic heterocycles. The highest BCUT2D eigenvalue weighted by Gasteiger charge is 2.34. The quantitative estimate of drug-likeness (QED) is 0.799. The van der Waals surface area contributed by atoms with Gasteiger partial charge in [-0.3, -0.25) is 14.3 Å². The molecule has 9 heteroatoms. The number of alkyl carbamates (subject to hydrolysis) is 1. The highest BCUT2D eigenvalue weighted by Crippen LogP contribution is 2.39. The average molecular weight is 404 g/mol. The number of H-pyrrole nitrogens is 1. The number of carbonyl (C=O) groups excluding carboxylic acids is 1. The molecule has 1 unspecified atom stereocenters. The molecule has 2 N–H and O–H groups in total. The molecule has 1 fully saturated rings. The molecule has 4 rings (SSSR count). The predicted molar refractivity (Wildman–Crippen MR) is 107 cm³/mol. The summed E-state index contributed by atoms with van der Waals surface area (Å²) < 4.78 is 21.9. The number of rotatable bonds is 2. The zero-order valence-corrected chi connectivity index (χ0v) is 17.0. The van der Waals surface area contributed by atoms with Crippen molar-refractivity contribution < 1.29 is 13.9 Å². The summed E-state index contributed by atoms with van der Waals surface area (Å²) >= 11 is 0. The van der Waals surface area contributed by atoms with Crippen molar-refractivity contribution in [3.05, 3.63) is 38.3 Å². The molecule has 2 atom stereocenters. The number of hydrogen-bond donors (Lipinski definition) is 2. The first-order valence-corrected chi connectivity index (χ1v) is 9.79. The van der Waals surface area contributed by atoms with Crippen molar-refractivity contribution in [2.75, 3.05) is 18.0 Å². The smallest absolute Gasteiger partial charge is 0.407 e. The summed E-state index contributed by atoms with van der Waals surface area (Å²) in [5, 5.41) is 3.02. The number of benzene rings is 1. The van der Waals surface area contributed by atoms with E-state index in [9.17, 15) is 14.4 Å². The van der Waals surface area contributed by atoms with E-state index in [4.69, 9.17) is 4.74 Å². The molecule has 3 heterocycles. The van der Waals surface area contributed by atoms with Crippen LogP contribution in [0.4, 0.5) is 14.9 Å². The van der Waals surface area contributed by atoms with Gasteiger partial charge in [-0.15, -0.1) is 0 Å². The molecule has 1 amide bonds. The molecule has 0 bridgehead atoms. The van der Waals surface area contributed by atoms with Crippen LogP contribution in [0.2, 0.25) is 0 Å². The van der Waals surface area contributed by atoms with Gasteiger partial charge in [-0.05, 0) is 46.6 Å². The van der Waals surface area contributed by atoms with Gasteiger partial charge in [0, 0.05) is 24.7 Å². The number of nitrogens with one attached hydrogen (secondary N) is 2. The molecule has 0 aliphatic carbocycles. The second-order valence-electron chi connectivity index (χ2n) is 8.84. The van der Waals surface area contributed by atoms with Crippen molar-refractivity contribution in [3.8, 4) is 0 Å². The Morgan fingerprint density at radius 1 is 1.34 bits per heavy atom. The minimum atomic E-state index is -0.592. The van der Waals surface area contributed by atoms with E-state index in [1.165, 1.54) is 10.6 Å². The van der Waals surface area contributed by atoms with Gasteiger partial charge < -0.3 is 15.0 Å². The highest BCUT2D eigenvalue weighted by atomic mass is 19.1. The van der Waals surface area contributed by atoms with Crippen molar-refractivity contribution in [1.29, 1.82) is 0 Å². The van der Waals surface area contributed by atoms with Gasteiger partial charge in [0.15, 0.2) is 0 Å². The lowest BCUT2D eigenvalue weighted by atomic mass is 10.0. The van der Waals surface area contributed by atoms with E-state index in [1.807, 2.05) is 11.8 Å². The van der Waals surface area contributed by atoms with Crippen LogP contribution in [-0.2, 0) is 11.2 Å². The van der Waals surface area contributed by atoms with Crippen molar-refractivity contribution in [2.24, 2.45) is 0 Å². The molecule has 29 heavy (non-hydrogen) atoms. The van der Waals surface area contributed by atoms with Crippen molar-refractivity contribution in [2.45, 2.75) is 58.2 Å². The summed E-state index contributed by atoms with van der Waals surface area (Å²) in [7, 11) is 0. The van der Waals surface area contributed by atoms with Crippen LogP contribution >= 0.6 is 0 Å². The monoisotopic (exact) mass is 404 g/mol. The largest absolute Gasteiger partial charge is 0.444 e.